The molecule has 3 heterocycles. The Morgan fingerprint density at radius 2 is 2.45 bits per heavy atom. The van der Waals surface area contributed by atoms with Crippen LogP contribution in [0.4, 0.5) is 0 Å². The van der Waals surface area contributed by atoms with Crippen LogP contribution in [0.25, 0.3) is 0 Å². The van der Waals surface area contributed by atoms with Crippen LogP contribution in [0.3, 0.4) is 0 Å². The number of likely N-dealkylation sites (N-methyl/N-ethyl adjacent to an activating group) is 1. The predicted molar refractivity (Wildman–Crippen MR) is 74.9 cm³/mol. The van der Waals surface area contributed by atoms with Crippen molar-refractivity contribution in [2.45, 2.75) is 32.2 Å². The van der Waals surface area contributed by atoms with E-state index < -0.39 is 0 Å². The molecular formula is C15H21N3O2. The van der Waals surface area contributed by atoms with Crippen LogP contribution >= 0.6 is 0 Å². The number of carbonyl (C=O) groups is 1. The molecule has 0 radical (unpaired) electrons. The number of aryl methyl sites for hydroxylation is 1. The van der Waals surface area contributed by atoms with Crippen LogP contribution in [0.15, 0.2) is 24.2 Å². The maximum absolute atomic E-state index is 12.3. The van der Waals surface area contributed by atoms with E-state index in [0.717, 1.165) is 51.0 Å². The first-order chi connectivity index (χ1) is 9.74. The first-order valence-electron chi connectivity index (χ1n) is 7.30. The van der Waals surface area contributed by atoms with Crippen molar-refractivity contribution in [2.24, 2.45) is 5.92 Å². The third kappa shape index (κ3) is 2.71. The first kappa shape index (κ1) is 13.2. The van der Waals surface area contributed by atoms with E-state index in [-0.39, 0.29) is 5.91 Å². The van der Waals surface area contributed by atoms with E-state index >= 15 is 0 Å². The van der Waals surface area contributed by atoms with Gasteiger partial charge in [-0.3, -0.25) is 4.79 Å². The van der Waals surface area contributed by atoms with Crippen LogP contribution in [0.2, 0.25) is 0 Å². The van der Waals surface area contributed by atoms with E-state index in [2.05, 4.69) is 9.55 Å². The lowest BCUT2D eigenvalue weighted by atomic mass is 9.98. The zero-order chi connectivity index (χ0) is 13.9. The molecule has 1 unspecified atom stereocenters. The van der Waals surface area contributed by atoms with Gasteiger partial charge in [-0.25, -0.2) is 4.98 Å². The van der Waals surface area contributed by atoms with Crippen LogP contribution in [-0.4, -0.2) is 40.6 Å². The van der Waals surface area contributed by atoms with E-state index in [0.29, 0.717) is 5.92 Å². The monoisotopic (exact) mass is 275 g/mol. The van der Waals surface area contributed by atoms with Gasteiger partial charge in [-0.2, -0.15) is 0 Å². The molecule has 1 amide bonds. The van der Waals surface area contributed by atoms with E-state index in [1.807, 2.05) is 24.3 Å². The van der Waals surface area contributed by atoms with Gasteiger partial charge in [0, 0.05) is 39.0 Å². The molecule has 5 heteroatoms. The summed E-state index contributed by atoms with van der Waals surface area (Å²) in [5.41, 5.74) is 0.804. The van der Waals surface area contributed by atoms with Crippen molar-refractivity contribution < 1.29 is 9.53 Å². The largest absolute Gasteiger partial charge is 0.501 e. The highest BCUT2D eigenvalue weighted by atomic mass is 16.5. The molecule has 0 spiro atoms. The maximum atomic E-state index is 12.3. The highest BCUT2D eigenvalue weighted by molar-refractivity contribution is 5.93. The van der Waals surface area contributed by atoms with Gasteiger partial charge in [0.05, 0.1) is 18.4 Å². The van der Waals surface area contributed by atoms with Gasteiger partial charge in [0.2, 0.25) is 0 Å². The Morgan fingerprint density at radius 3 is 3.25 bits per heavy atom. The molecule has 5 nitrogen and oxygen atoms in total. The predicted octanol–water partition coefficient (Wildman–Crippen LogP) is 1.60. The van der Waals surface area contributed by atoms with E-state index in [4.69, 9.17) is 4.74 Å². The lowest BCUT2D eigenvalue weighted by Gasteiger charge is -2.29. The van der Waals surface area contributed by atoms with Gasteiger partial charge in [-0.1, -0.05) is 0 Å². The number of aromatic nitrogens is 2. The normalized spacial score (nSPS) is 21.6. The molecule has 0 aromatic carbocycles. The fourth-order valence-corrected chi connectivity index (χ4v) is 3.02. The summed E-state index contributed by atoms with van der Waals surface area (Å²) in [4.78, 5) is 18.5. The van der Waals surface area contributed by atoms with Crippen molar-refractivity contribution in [3.8, 4) is 0 Å². The highest BCUT2D eigenvalue weighted by Gasteiger charge is 2.23. The van der Waals surface area contributed by atoms with Gasteiger partial charge in [-0.15, -0.1) is 0 Å². The topological polar surface area (TPSA) is 47.4 Å². The Bertz CT molecular complexity index is 521. The minimum Gasteiger partial charge on any atom is -0.501 e. The lowest BCUT2D eigenvalue weighted by Crippen LogP contribution is -2.36. The summed E-state index contributed by atoms with van der Waals surface area (Å²) in [7, 11) is 1.89. The minimum absolute atomic E-state index is 0.112. The molecular weight excluding hydrogens is 254 g/mol. The summed E-state index contributed by atoms with van der Waals surface area (Å²) in [6, 6.07) is 0. The average Bonchev–Trinajstić information content (AvgIpc) is 2.95. The summed E-state index contributed by atoms with van der Waals surface area (Å²) >= 11 is 0. The van der Waals surface area contributed by atoms with Crippen molar-refractivity contribution in [1.82, 2.24) is 14.5 Å². The summed E-state index contributed by atoms with van der Waals surface area (Å²) in [5.74, 6) is 1.79. The maximum Gasteiger partial charge on any atom is 0.252 e. The molecule has 0 bridgehead atoms. The summed E-state index contributed by atoms with van der Waals surface area (Å²) in [6.45, 7) is 2.49. The molecule has 2 aliphatic heterocycles. The smallest absolute Gasteiger partial charge is 0.252 e. The Labute approximate surface area is 119 Å². The number of ether oxygens (including phenoxy) is 1. The second-order valence-electron chi connectivity index (χ2n) is 5.70. The molecule has 0 aliphatic carbocycles. The van der Waals surface area contributed by atoms with Gasteiger partial charge in [-0.05, 0) is 25.2 Å². The average molecular weight is 275 g/mol. The minimum atomic E-state index is 0.112. The lowest BCUT2D eigenvalue weighted by molar-refractivity contribution is -0.127. The van der Waals surface area contributed by atoms with Gasteiger partial charge >= 0.3 is 0 Å². The second-order valence-corrected chi connectivity index (χ2v) is 5.70. The first-order valence-corrected chi connectivity index (χ1v) is 7.30. The van der Waals surface area contributed by atoms with Gasteiger partial charge < -0.3 is 14.2 Å². The molecule has 108 valence electrons. The summed E-state index contributed by atoms with van der Waals surface area (Å²) < 4.78 is 7.46. The zero-order valence-electron chi connectivity index (χ0n) is 11.9. The molecule has 20 heavy (non-hydrogen) atoms. The Hall–Kier alpha value is -1.78. The van der Waals surface area contributed by atoms with E-state index in [9.17, 15) is 4.79 Å². The molecule has 0 N–H and O–H groups in total. The van der Waals surface area contributed by atoms with E-state index in [1.165, 1.54) is 5.82 Å². The Morgan fingerprint density at radius 1 is 1.55 bits per heavy atom. The van der Waals surface area contributed by atoms with Gasteiger partial charge in [0.25, 0.3) is 5.91 Å². The number of carbonyl (C=O) groups excluding carboxylic acids is 1. The van der Waals surface area contributed by atoms with E-state index in [1.54, 1.807) is 6.26 Å². The number of fused-ring (bicyclic) bond motifs is 1. The fraction of sp³-hybridized carbons (Fsp3) is 0.600. The summed E-state index contributed by atoms with van der Waals surface area (Å²) in [6.07, 6.45) is 9.40. The third-order valence-corrected chi connectivity index (χ3v) is 4.12. The SMILES string of the molecule is CN(CC1CCc2nccn2C1)C(=O)C1=COCCC1. The molecule has 2 aliphatic rings. The fourth-order valence-electron chi connectivity index (χ4n) is 3.02. The molecule has 0 saturated heterocycles. The quantitative estimate of drug-likeness (QED) is 0.842. The van der Waals surface area contributed by atoms with Crippen molar-refractivity contribution in [3.05, 3.63) is 30.1 Å². The summed E-state index contributed by atoms with van der Waals surface area (Å²) in [5, 5.41) is 0. The molecule has 0 fully saturated rings. The van der Waals surface area contributed by atoms with Crippen LogP contribution in [0.1, 0.15) is 25.1 Å². The number of nitrogens with zero attached hydrogens (tertiary/aromatic N) is 3. The molecule has 1 aromatic heterocycles. The zero-order valence-corrected chi connectivity index (χ0v) is 11.9. The van der Waals surface area contributed by atoms with Crippen molar-refractivity contribution >= 4 is 5.91 Å². The number of rotatable bonds is 3. The molecule has 0 saturated carbocycles. The van der Waals surface area contributed by atoms with Gasteiger partial charge in [0.15, 0.2) is 0 Å². The number of imidazole rings is 1. The molecule has 1 aromatic rings. The van der Waals surface area contributed by atoms with Crippen molar-refractivity contribution in [3.63, 3.8) is 0 Å². The van der Waals surface area contributed by atoms with Crippen molar-refractivity contribution in [2.75, 3.05) is 20.2 Å². The molecule has 1 atom stereocenters. The van der Waals surface area contributed by atoms with Crippen LogP contribution in [0, 0.1) is 5.92 Å². The Balaban J connectivity index is 1.58. The number of hydrogen-bond donors (Lipinski definition) is 0. The second kappa shape index (κ2) is 5.69. The van der Waals surface area contributed by atoms with Crippen LogP contribution in [-0.2, 0) is 22.5 Å². The Kier molecular flexibility index (Phi) is 3.76. The number of hydrogen-bond acceptors (Lipinski definition) is 3. The standard InChI is InChI=1S/C15H21N3O2/c1-17(15(19)13-3-2-8-20-11-13)9-12-4-5-14-16-6-7-18(14)10-12/h6-7,11-12H,2-5,8-10H2,1H3. The van der Waals surface area contributed by atoms with Gasteiger partial charge in [0.1, 0.15) is 5.82 Å². The highest BCUT2D eigenvalue weighted by Crippen LogP contribution is 2.21. The van der Waals surface area contributed by atoms with Crippen LogP contribution < -0.4 is 0 Å². The van der Waals surface area contributed by atoms with Crippen molar-refractivity contribution in [1.29, 1.82) is 0 Å². The number of amides is 1. The van der Waals surface area contributed by atoms with Crippen LogP contribution in [0.5, 0.6) is 0 Å². The molecule has 3 rings (SSSR count). The third-order valence-electron chi connectivity index (χ3n) is 4.12.